The molecular weight excluding hydrogens is 282 g/mol. The molecule has 0 radical (unpaired) electrons. The molecule has 0 aliphatic heterocycles. The second kappa shape index (κ2) is 8.41. The van der Waals surface area contributed by atoms with Gasteiger partial charge in [0.05, 0.1) is 19.3 Å². The molecule has 0 atom stereocenters. The predicted octanol–water partition coefficient (Wildman–Crippen LogP) is 3.83. The lowest BCUT2D eigenvalue weighted by atomic mass is 10.2. The first-order valence-corrected chi connectivity index (χ1v) is 6.63. The van der Waals surface area contributed by atoms with Gasteiger partial charge in [0.1, 0.15) is 5.75 Å². The van der Waals surface area contributed by atoms with E-state index in [0.29, 0.717) is 6.61 Å². The van der Waals surface area contributed by atoms with Gasteiger partial charge in [-0.25, -0.2) is 18.6 Å². The maximum absolute atomic E-state index is 13.1. The minimum atomic E-state index is -2.68. The predicted molar refractivity (Wildman–Crippen MR) is 75.6 cm³/mol. The number of alkyl halides is 2. The summed E-state index contributed by atoms with van der Waals surface area (Å²) in [4.78, 5) is 16.3. The molecule has 1 rings (SSSR count). The quantitative estimate of drug-likeness (QED) is 0.615. The molecule has 0 heterocycles. The Balaban J connectivity index is 2.85. The summed E-state index contributed by atoms with van der Waals surface area (Å²) in [6, 6.07) is 3.58. The first-order chi connectivity index (χ1) is 9.99. The normalized spacial score (nSPS) is 10.6. The third-order valence-corrected chi connectivity index (χ3v) is 2.81. The minimum absolute atomic E-state index is 0.136. The van der Waals surface area contributed by atoms with Crippen LogP contribution in [0.1, 0.15) is 31.8 Å². The van der Waals surface area contributed by atoms with E-state index in [1.54, 1.807) is 0 Å². The average molecular weight is 302 g/mol. The lowest BCUT2D eigenvalue weighted by Crippen LogP contribution is -2.30. The number of urea groups is 1. The van der Waals surface area contributed by atoms with Crippen LogP contribution in [0.3, 0.4) is 0 Å². The highest BCUT2D eigenvalue weighted by Crippen LogP contribution is 2.31. The molecule has 0 fully saturated rings. The molecule has 1 aromatic rings. The Morgan fingerprint density at radius 1 is 1.43 bits per heavy atom. The molecule has 7 heteroatoms. The highest BCUT2D eigenvalue weighted by Gasteiger charge is 2.16. The number of nitrogens with zero attached hydrogens (tertiary/aromatic N) is 1. The molecule has 0 spiro atoms. The number of benzene rings is 1. The number of carbonyl (C=O) groups is 1. The van der Waals surface area contributed by atoms with Crippen molar-refractivity contribution in [2.24, 2.45) is 0 Å². The molecular formula is C14H20F2N2O3. The summed E-state index contributed by atoms with van der Waals surface area (Å²) in [6.07, 6.45) is -0.972. The van der Waals surface area contributed by atoms with Gasteiger partial charge in [0.2, 0.25) is 0 Å². The Morgan fingerprint density at radius 3 is 2.71 bits per heavy atom. The summed E-state index contributed by atoms with van der Waals surface area (Å²) in [5, 5.41) is 3.41. The van der Waals surface area contributed by atoms with Crippen LogP contribution in [0.15, 0.2) is 18.2 Å². The van der Waals surface area contributed by atoms with Gasteiger partial charge in [0.15, 0.2) is 0 Å². The number of carbonyl (C=O) groups excluding carboxylic acids is 1. The topological polar surface area (TPSA) is 50.8 Å². The number of hydroxylamine groups is 2. The first-order valence-electron chi connectivity index (χ1n) is 6.63. The highest BCUT2D eigenvalue weighted by molar-refractivity contribution is 5.88. The van der Waals surface area contributed by atoms with Gasteiger partial charge in [0, 0.05) is 12.7 Å². The van der Waals surface area contributed by atoms with Gasteiger partial charge in [-0.1, -0.05) is 13.3 Å². The van der Waals surface area contributed by atoms with Gasteiger partial charge in [-0.15, -0.1) is 0 Å². The highest BCUT2D eigenvalue weighted by atomic mass is 19.3. The molecule has 0 bridgehead atoms. The van der Waals surface area contributed by atoms with Crippen LogP contribution in [0.4, 0.5) is 19.3 Å². The van der Waals surface area contributed by atoms with Crippen molar-refractivity contribution < 1.29 is 23.1 Å². The van der Waals surface area contributed by atoms with Crippen LogP contribution in [0.25, 0.3) is 0 Å². The van der Waals surface area contributed by atoms with Crippen molar-refractivity contribution in [1.82, 2.24) is 5.06 Å². The van der Waals surface area contributed by atoms with E-state index >= 15 is 0 Å². The lowest BCUT2D eigenvalue weighted by molar-refractivity contribution is -0.0598. The maximum Gasteiger partial charge on any atom is 0.345 e. The van der Waals surface area contributed by atoms with Gasteiger partial charge < -0.3 is 10.1 Å². The largest absolute Gasteiger partial charge is 0.493 e. The number of rotatable bonds is 7. The van der Waals surface area contributed by atoms with Crippen molar-refractivity contribution in [3.8, 4) is 5.75 Å². The van der Waals surface area contributed by atoms with E-state index in [1.165, 1.54) is 32.4 Å². The van der Waals surface area contributed by atoms with Crippen molar-refractivity contribution >= 4 is 11.7 Å². The van der Waals surface area contributed by atoms with E-state index in [9.17, 15) is 13.6 Å². The molecule has 2 amide bonds. The number of ether oxygens (including phenoxy) is 1. The van der Waals surface area contributed by atoms with Crippen molar-refractivity contribution in [3.63, 3.8) is 0 Å². The monoisotopic (exact) mass is 302 g/mol. The van der Waals surface area contributed by atoms with E-state index in [2.05, 4.69) is 5.32 Å². The van der Waals surface area contributed by atoms with Crippen molar-refractivity contribution in [2.75, 3.05) is 26.1 Å². The Hall–Kier alpha value is -1.89. The molecule has 0 aromatic heterocycles. The minimum Gasteiger partial charge on any atom is -0.493 e. The molecule has 5 nitrogen and oxygen atoms in total. The fourth-order valence-electron chi connectivity index (χ4n) is 1.54. The molecule has 21 heavy (non-hydrogen) atoms. The Labute approximate surface area is 122 Å². The Kier molecular flexibility index (Phi) is 6.87. The Morgan fingerprint density at radius 2 is 2.14 bits per heavy atom. The summed E-state index contributed by atoms with van der Waals surface area (Å²) in [5.74, 6) is 0.136. The van der Waals surface area contributed by atoms with Crippen LogP contribution in [0, 0.1) is 0 Å². The summed E-state index contributed by atoms with van der Waals surface area (Å²) in [7, 11) is 2.74. The molecule has 0 aliphatic rings. The van der Waals surface area contributed by atoms with E-state index in [0.717, 1.165) is 17.9 Å². The SMILES string of the molecule is CCCCOc1ccc(NC(=O)N(C)OC)cc1C(F)F. The second-order valence-electron chi connectivity index (χ2n) is 4.37. The first kappa shape index (κ1) is 17.2. The number of unbranched alkanes of at least 4 members (excludes halogenated alkanes) is 1. The maximum atomic E-state index is 13.1. The fourth-order valence-corrected chi connectivity index (χ4v) is 1.54. The zero-order valence-corrected chi connectivity index (χ0v) is 12.4. The van der Waals surface area contributed by atoms with E-state index in [-0.39, 0.29) is 17.0 Å². The Bertz CT molecular complexity index is 470. The molecule has 1 N–H and O–H groups in total. The molecule has 0 saturated carbocycles. The molecule has 0 saturated heterocycles. The van der Waals surface area contributed by atoms with Gasteiger partial charge >= 0.3 is 6.03 Å². The van der Waals surface area contributed by atoms with Crippen molar-refractivity contribution in [1.29, 1.82) is 0 Å². The van der Waals surface area contributed by atoms with Crippen LogP contribution >= 0.6 is 0 Å². The van der Waals surface area contributed by atoms with Gasteiger partial charge in [-0.05, 0) is 24.6 Å². The summed E-state index contributed by atoms with van der Waals surface area (Å²) in [5.41, 5.74) is 0.00557. The van der Waals surface area contributed by atoms with E-state index in [4.69, 9.17) is 9.57 Å². The third kappa shape index (κ3) is 5.18. The van der Waals surface area contributed by atoms with Gasteiger partial charge in [-0.3, -0.25) is 4.84 Å². The van der Waals surface area contributed by atoms with Crippen LogP contribution in [0.5, 0.6) is 5.75 Å². The van der Waals surface area contributed by atoms with Gasteiger partial charge in [0.25, 0.3) is 6.43 Å². The van der Waals surface area contributed by atoms with Crippen LogP contribution < -0.4 is 10.1 Å². The summed E-state index contributed by atoms with van der Waals surface area (Å²) >= 11 is 0. The molecule has 0 unspecified atom stereocenters. The summed E-state index contributed by atoms with van der Waals surface area (Å²) in [6.45, 7) is 2.37. The van der Waals surface area contributed by atoms with Crippen molar-refractivity contribution in [3.05, 3.63) is 23.8 Å². The van der Waals surface area contributed by atoms with Gasteiger partial charge in [-0.2, -0.15) is 0 Å². The third-order valence-electron chi connectivity index (χ3n) is 2.81. The van der Waals surface area contributed by atoms with E-state index < -0.39 is 12.5 Å². The summed E-state index contributed by atoms with van der Waals surface area (Å²) < 4.78 is 31.4. The van der Waals surface area contributed by atoms with Crippen LogP contribution in [-0.2, 0) is 4.84 Å². The molecule has 118 valence electrons. The second-order valence-corrected chi connectivity index (χ2v) is 4.37. The zero-order valence-electron chi connectivity index (χ0n) is 12.4. The zero-order chi connectivity index (χ0) is 15.8. The number of anilines is 1. The lowest BCUT2D eigenvalue weighted by Gasteiger charge is -2.16. The number of hydrogen-bond acceptors (Lipinski definition) is 3. The van der Waals surface area contributed by atoms with Crippen LogP contribution in [-0.4, -0.2) is 31.9 Å². The standard InChI is InChI=1S/C14H20F2N2O3/c1-4-5-8-21-12-7-6-10(9-11(12)13(15)16)17-14(19)18(2)20-3/h6-7,9,13H,4-5,8H2,1-3H3,(H,17,19). The average Bonchev–Trinajstić information content (AvgIpc) is 2.47. The number of amides is 2. The number of halogens is 2. The molecule has 0 aliphatic carbocycles. The fraction of sp³-hybridized carbons (Fsp3) is 0.500. The smallest absolute Gasteiger partial charge is 0.345 e. The van der Waals surface area contributed by atoms with Crippen LogP contribution in [0.2, 0.25) is 0 Å². The number of hydrogen-bond donors (Lipinski definition) is 1. The van der Waals surface area contributed by atoms with E-state index in [1.807, 2.05) is 6.92 Å². The van der Waals surface area contributed by atoms with Crippen molar-refractivity contribution in [2.45, 2.75) is 26.2 Å². The molecule has 1 aromatic carbocycles. The number of nitrogens with one attached hydrogen (secondary N) is 1.